The zero-order valence-corrected chi connectivity index (χ0v) is 17.9. The number of hydrogen-bond acceptors (Lipinski definition) is 8. The van der Waals surface area contributed by atoms with Gasteiger partial charge in [0.2, 0.25) is 5.91 Å². The van der Waals surface area contributed by atoms with Gasteiger partial charge in [0.05, 0.1) is 23.7 Å². The molecular weight excluding hydrogens is 408 g/mol. The summed E-state index contributed by atoms with van der Waals surface area (Å²) in [5.41, 5.74) is 3.50. The third-order valence-corrected chi connectivity index (χ3v) is 5.82. The van der Waals surface area contributed by atoms with Crippen LogP contribution < -0.4 is 5.32 Å². The Hall–Kier alpha value is -2.78. The van der Waals surface area contributed by atoms with Crippen LogP contribution in [0.4, 0.5) is 5.13 Å². The Kier molecular flexibility index (Phi) is 6.95. The van der Waals surface area contributed by atoms with Gasteiger partial charge in [0.25, 0.3) is 0 Å². The van der Waals surface area contributed by atoms with Gasteiger partial charge in [-0.3, -0.25) is 4.79 Å². The predicted molar refractivity (Wildman–Crippen MR) is 114 cm³/mol. The summed E-state index contributed by atoms with van der Waals surface area (Å²) < 4.78 is 4.98. The molecule has 1 amide bonds. The van der Waals surface area contributed by atoms with Gasteiger partial charge in [0.15, 0.2) is 5.13 Å². The summed E-state index contributed by atoms with van der Waals surface area (Å²) in [6.07, 6.45) is 0. The third kappa shape index (κ3) is 5.61. The molecule has 0 fully saturated rings. The van der Waals surface area contributed by atoms with E-state index in [1.54, 1.807) is 13.8 Å². The molecule has 0 saturated carbocycles. The van der Waals surface area contributed by atoms with Gasteiger partial charge in [-0.05, 0) is 32.9 Å². The number of aromatic nitrogens is 3. The SMILES string of the molecule is CCOC(=O)c1sc(NC(=O)CSc2ccc(-c3ccc(C)cc3)nn2)nc1C. The number of benzene rings is 1. The van der Waals surface area contributed by atoms with E-state index in [9.17, 15) is 9.59 Å². The van der Waals surface area contributed by atoms with E-state index < -0.39 is 5.97 Å². The van der Waals surface area contributed by atoms with E-state index in [0.717, 1.165) is 22.6 Å². The molecule has 0 saturated heterocycles. The van der Waals surface area contributed by atoms with E-state index in [2.05, 4.69) is 20.5 Å². The number of hydrogen-bond donors (Lipinski definition) is 1. The molecule has 29 heavy (non-hydrogen) atoms. The van der Waals surface area contributed by atoms with E-state index in [1.807, 2.05) is 43.3 Å². The highest BCUT2D eigenvalue weighted by Crippen LogP contribution is 2.24. The summed E-state index contributed by atoms with van der Waals surface area (Å²) in [5, 5.41) is 12.1. The van der Waals surface area contributed by atoms with Crippen LogP contribution in [0, 0.1) is 13.8 Å². The molecule has 0 radical (unpaired) electrons. The molecule has 0 aliphatic rings. The average Bonchev–Trinajstić information content (AvgIpc) is 3.08. The van der Waals surface area contributed by atoms with Gasteiger partial charge in [-0.1, -0.05) is 52.9 Å². The van der Waals surface area contributed by atoms with Crippen LogP contribution in [0.3, 0.4) is 0 Å². The lowest BCUT2D eigenvalue weighted by Gasteiger charge is -2.03. The van der Waals surface area contributed by atoms with Crippen LogP contribution in [-0.4, -0.2) is 39.4 Å². The Labute approximate surface area is 176 Å². The van der Waals surface area contributed by atoms with Crippen molar-refractivity contribution >= 4 is 40.1 Å². The van der Waals surface area contributed by atoms with E-state index in [-0.39, 0.29) is 18.3 Å². The summed E-state index contributed by atoms with van der Waals surface area (Å²) in [6.45, 7) is 5.77. The zero-order valence-electron chi connectivity index (χ0n) is 16.3. The number of thioether (sulfide) groups is 1. The Balaban J connectivity index is 1.55. The minimum Gasteiger partial charge on any atom is -0.462 e. The van der Waals surface area contributed by atoms with Crippen molar-refractivity contribution in [3.05, 3.63) is 52.5 Å². The minimum absolute atomic E-state index is 0.159. The first-order chi connectivity index (χ1) is 14.0. The Morgan fingerprint density at radius 3 is 2.52 bits per heavy atom. The molecule has 1 N–H and O–H groups in total. The lowest BCUT2D eigenvalue weighted by atomic mass is 10.1. The summed E-state index contributed by atoms with van der Waals surface area (Å²) in [4.78, 5) is 28.6. The van der Waals surface area contributed by atoms with Gasteiger partial charge in [-0.15, -0.1) is 10.2 Å². The number of ether oxygens (including phenoxy) is 1. The summed E-state index contributed by atoms with van der Waals surface area (Å²) in [7, 11) is 0. The van der Waals surface area contributed by atoms with Crippen molar-refractivity contribution in [2.45, 2.75) is 25.8 Å². The summed E-state index contributed by atoms with van der Waals surface area (Å²) >= 11 is 2.38. The second-order valence-electron chi connectivity index (χ2n) is 6.11. The van der Waals surface area contributed by atoms with Crippen LogP contribution >= 0.6 is 23.1 Å². The van der Waals surface area contributed by atoms with Crippen molar-refractivity contribution in [1.29, 1.82) is 0 Å². The van der Waals surface area contributed by atoms with E-state index in [0.29, 0.717) is 20.7 Å². The summed E-state index contributed by atoms with van der Waals surface area (Å²) in [6, 6.07) is 11.8. The molecule has 1 aromatic carbocycles. The monoisotopic (exact) mass is 428 g/mol. The molecule has 0 atom stereocenters. The number of rotatable bonds is 7. The molecule has 7 nitrogen and oxygen atoms in total. The number of esters is 1. The molecule has 0 aliphatic carbocycles. The van der Waals surface area contributed by atoms with Crippen molar-refractivity contribution < 1.29 is 14.3 Å². The molecule has 3 rings (SSSR count). The number of carbonyl (C=O) groups is 2. The van der Waals surface area contributed by atoms with Gasteiger partial charge in [0, 0.05) is 5.56 Å². The van der Waals surface area contributed by atoms with Crippen molar-refractivity contribution in [2.24, 2.45) is 0 Å². The van der Waals surface area contributed by atoms with Crippen LogP contribution in [-0.2, 0) is 9.53 Å². The van der Waals surface area contributed by atoms with Crippen LogP contribution in [0.25, 0.3) is 11.3 Å². The van der Waals surface area contributed by atoms with Gasteiger partial charge < -0.3 is 10.1 Å². The smallest absolute Gasteiger partial charge is 0.350 e. The maximum Gasteiger partial charge on any atom is 0.350 e. The van der Waals surface area contributed by atoms with Crippen molar-refractivity contribution in [3.63, 3.8) is 0 Å². The maximum absolute atomic E-state index is 12.2. The number of thiazole rings is 1. The van der Waals surface area contributed by atoms with Crippen molar-refractivity contribution in [3.8, 4) is 11.3 Å². The van der Waals surface area contributed by atoms with Crippen molar-refractivity contribution in [2.75, 3.05) is 17.7 Å². The van der Waals surface area contributed by atoms with Crippen LogP contribution in [0.2, 0.25) is 0 Å². The predicted octanol–water partition coefficient (Wildman–Crippen LogP) is 4.12. The van der Waals surface area contributed by atoms with Crippen molar-refractivity contribution in [1.82, 2.24) is 15.2 Å². The molecule has 0 unspecified atom stereocenters. The standard InChI is InChI=1S/C20H20N4O3S2/c1-4-27-19(26)18-13(3)21-20(29-18)22-16(25)11-28-17-10-9-15(23-24-17)14-7-5-12(2)6-8-14/h5-10H,4,11H2,1-3H3,(H,21,22,25). The normalized spacial score (nSPS) is 10.6. The van der Waals surface area contributed by atoms with E-state index in [1.165, 1.54) is 17.3 Å². The number of anilines is 1. The maximum atomic E-state index is 12.2. The Bertz CT molecular complexity index is 1000. The molecule has 3 aromatic rings. The average molecular weight is 429 g/mol. The molecular formula is C20H20N4O3S2. The second kappa shape index (κ2) is 9.62. The fraction of sp³-hybridized carbons (Fsp3) is 0.250. The molecule has 9 heteroatoms. The molecule has 150 valence electrons. The van der Waals surface area contributed by atoms with Crippen LogP contribution in [0.5, 0.6) is 0 Å². The molecule has 0 aliphatic heterocycles. The van der Waals surface area contributed by atoms with E-state index in [4.69, 9.17) is 4.74 Å². The Morgan fingerprint density at radius 1 is 1.10 bits per heavy atom. The fourth-order valence-electron chi connectivity index (χ4n) is 2.41. The first-order valence-corrected chi connectivity index (χ1v) is 10.7. The molecule has 0 bridgehead atoms. The second-order valence-corrected chi connectivity index (χ2v) is 8.11. The minimum atomic E-state index is -0.429. The first kappa shape index (κ1) is 20.9. The topological polar surface area (TPSA) is 94.1 Å². The number of nitrogens with zero attached hydrogens (tertiary/aromatic N) is 3. The highest BCUT2D eigenvalue weighted by molar-refractivity contribution is 7.99. The van der Waals surface area contributed by atoms with Crippen LogP contribution in [0.15, 0.2) is 41.4 Å². The lowest BCUT2D eigenvalue weighted by Crippen LogP contribution is -2.14. The number of carbonyl (C=O) groups excluding carboxylic acids is 2. The highest BCUT2D eigenvalue weighted by atomic mass is 32.2. The van der Waals surface area contributed by atoms with Gasteiger partial charge in [-0.25, -0.2) is 9.78 Å². The van der Waals surface area contributed by atoms with Gasteiger partial charge in [0.1, 0.15) is 9.90 Å². The van der Waals surface area contributed by atoms with E-state index >= 15 is 0 Å². The van der Waals surface area contributed by atoms with Gasteiger partial charge in [-0.2, -0.15) is 0 Å². The molecule has 0 spiro atoms. The number of amides is 1. The van der Waals surface area contributed by atoms with Crippen LogP contribution in [0.1, 0.15) is 27.9 Å². The molecule has 2 aromatic heterocycles. The Morgan fingerprint density at radius 2 is 1.86 bits per heavy atom. The summed E-state index contributed by atoms with van der Waals surface area (Å²) in [5.74, 6) is -0.503. The largest absolute Gasteiger partial charge is 0.462 e. The van der Waals surface area contributed by atoms with Gasteiger partial charge >= 0.3 is 5.97 Å². The zero-order chi connectivity index (χ0) is 20.8. The lowest BCUT2D eigenvalue weighted by molar-refractivity contribution is -0.113. The quantitative estimate of drug-likeness (QED) is 0.447. The fourth-order valence-corrected chi connectivity index (χ4v) is 3.90. The number of nitrogens with one attached hydrogen (secondary N) is 1. The molecule has 2 heterocycles. The number of aryl methyl sites for hydroxylation is 2. The highest BCUT2D eigenvalue weighted by Gasteiger charge is 2.17. The third-order valence-electron chi connectivity index (χ3n) is 3.84. The first-order valence-electron chi connectivity index (χ1n) is 8.94.